The van der Waals surface area contributed by atoms with Crippen molar-refractivity contribution in [3.05, 3.63) is 0 Å². The Morgan fingerprint density at radius 1 is 1.26 bits per heavy atom. The van der Waals surface area contributed by atoms with Crippen LogP contribution in [0, 0.1) is 17.8 Å². The molecule has 4 aliphatic rings. The molecule has 1 spiro atoms. The van der Waals surface area contributed by atoms with Crippen LogP contribution < -0.4 is 0 Å². The van der Waals surface area contributed by atoms with Crippen molar-refractivity contribution in [1.82, 2.24) is 9.80 Å². The quantitative estimate of drug-likeness (QED) is 0.796. The van der Waals surface area contributed by atoms with Gasteiger partial charge < -0.3 is 14.7 Å². The number of hydrogen-bond acceptors (Lipinski definition) is 4. The van der Waals surface area contributed by atoms with E-state index in [1.165, 1.54) is 25.8 Å². The van der Waals surface area contributed by atoms with Crippen molar-refractivity contribution in [3.63, 3.8) is 0 Å². The summed E-state index contributed by atoms with van der Waals surface area (Å²) in [5.41, 5.74) is 0.225. The predicted molar refractivity (Wildman–Crippen MR) is 86.9 cm³/mol. The number of nitrogens with zero attached hydrogens (tertiary/aromatic N) is 2. The molecule has 23 heavy (non-hydrogen) atoms. The van der Waals surface area contributed by atoms with Crippen LogP contribution in [0.5, 0.6) is 0 Å². The van der Waals surface area contributed by atoms with Gasteiger partial charge in [-0.2, -0.15) is 0 Å². The second kappa shape index (κ2) is 6.01. The van der Waals surface area contributed by atoms with E-state index in [4.69, 9.17) is 4.74 Å². The minimum atomic E-state index is -0.243. The second-order valence-electron chi connectivity index (χ2n) is 8.32. The van der Waals surface area contributed by atoms with E-state index in [1.807, 2.05) is 4.90 Å². The number of carbonyl (C=O) groups is 1. The fourth-order valence-electron chi connectivity index (χ4n) is 4.71. The van der Waals surface area contributed by atoms with Gasteiger partial charge in [-0.05, 0) is 50.9 Å². The zero-order valence-corrected chi connectivity index (χ0v) is 14.2. The lowest BCUT2D eigenvalue weighted by atomic mass is 9.78. The molecule has 2 heterocycles. The minimum Gasteiger partial charge on any atom is -0.393 e. The Bertz CT molecular complexity index is 453. The Hall–Kier alpha value is -0.650. The van der Waals surface area contributed by atoms with Crippen LogP contribution in [-0.4, -0.2) is 71.8 Å². The van der Waals surface area contributed by atoms with Crippen molar-refractivity contribution < 1.29 is 14.6 Å². The summed E-state index contributed by atoms with van der Waals surface area (Å²) in [7, 11) is 0. The van der Waals surface area contributed by atoms with Crippen LogP contribution >= 0.6 is 0 Å². The summed E-state index contributed by atoms with van der Waals surface area (Å²) in [6.45, 7) is 7.86. The fraction of sp³-hybridized carbons (Fsp3) is 0.944. The molecule has 2 aliphatic heterocycles. The van der Waals surface area contributed by atoms with Crippen LogP contribution in [0.3, 0.4) is 0 Å². The summed E-state index contributed by atoms with van der Waals surface area (Å²) in [5.74, 6) is 1.88. The lowest BCUT2D eigenvalue weighted by Crippen LogP contribution is -2.70. The van der Waals surface area contributed by atoms with E-state index >= 15 is 0 Å². The molecule has 5 heteroatoms. The molecule has 2 saturated carbocycles. The zero-order valence-electron chi connectivity index (χ0n) is 14.2. The first-order chi connectivity index (χ1) is 11.1. The van der Waals surface area contributed by atoms with Gasteiger partial charge in [0, 0.05) is 38.7 Å². The molecule has 2 saturated heterocycles. The van der Waals surface area contributed by atoms with Gasteiger partial charge >= 0.3 is 0 Å². The van der Waals surface area contributed by atoms with Gasteiger partial charge in [-0.1, -0.05) is 0 Å². The third-order valence-electron chi connectivity index (χ3n) is 6.30. The van der Waals surface area contributed by atoms with Crippen LogP contribution in [0.1, 0.15) is 39.0 Å². The van der Waals surface area contributed by atoms with Crippen LogP contribution in [-0.2, 0) is 9.53 Å². The van der Waals surface area contributed by atoms with Gasteiger partial charge in [0.05, 0.1) is 18.2 Å². The Kier molecular flexibility index (Phi) is 4.14. The molecule has 0 unspecified atom stereocenters. The van der Waals surface area contributed by atoms with E-state index < -0.39 is 0 Å². The standard InChI is InChI=1S/C18H30N2O3/c1-2-23-10-14-7-18(20(9-14)8-13-3-4-13)11-19(12-18)17(22)15-5-16(21)6-15/h13-16,21H,2-12H2,1H3/t14-,15?,16?/m1/s1. The molecular weight excluding hydrogens is 292 g/mol. The highest BCUT2D eigenvalue weighted by molar-refractivity contribution is 5.81. The molecule has 1 N–H and O–H groups in total. The summed E-state index contributed by atoms with van der Waals surface area (Å²) in [4.78, 5) is 17.2. The van der Waals surface area contributed by atoms with Gasteiger partial charge in [0.1, 0.15) is 0 Å². The molecule has 130 valence electrons. The van der Waals surface area contributed by atoms with Crippen LogP contribution in [0.25, 0.3) is 0 Å². The first-order valence-electron chi connectivity index (χ1n) is 9.39. The summed E-state index contributed by atoms with van der Waals surface area (Å²) in [6, 6.07) is 0. The average Bonchev–Trinajstić information content (AvgIpc) is 3.19. The monoisotopic (exact) mass is 322 g/mol. The lowest BCUT2D eigenvalue weighted by molar-refractivity contribution is -0.155. The van der Waals surface area contributed by atoms with E-state index in [0.29, 0.717) is 18.8 Å². The normalized spacial score (nSPS) is 36.1. The molecular formula is C18H30N2O3. The number of amides is 1. The summed E-state index contributed by atoms with van der Waals surface area (Å²) >= 11 is 0. The second-order valence-corrected chi connectivity index (χ2v) is 8.32. The maximum absolute atomic E-state index is 12.5. The summed E-state index contributed by atoms with van der Waals surface area (Å²) < 4.78 is 5.66. The highest BCUT2D eigenvalue weighted by atomic mass is 16.5. The third-order valence-corrected chi connectivity index (χ3v) is 6.30. The third kappa shape index (κ3) is 3.03. The topological polar surface area (TPSA) is 53.0 Å². The molecule has 1 amide bonds. The number of likely N-dealkylation sites (tertiary alicyclic amines) is 2. The van der Waals surface area contributed by atoms with E-state index in [9.17, 15) is 9.90 Å². The van der Waals surface area contributed by atoms with Crippen molar-refractivity contribution in [1.29, 1.82) is 0 Å². The Labute approximate surface area is 139 Å². The van der Waals surface area contributed by atoms with Crippen LogP contribution in [0.4, 0.5) is 0 Å². The summed E-state index contributed by atoms with van der Waals surface area (Å²) in [5, 5.41) is 9.42. The van der Waals surface area contributed by atoms with Gasteiger partial charge in [0.25, 0.3) is 0 Å². The number of carbonyl (C=O) groups excluding carboxylic acids is 1. The zero-order chi connectivity index (χ0) is 16.0. The van der Waals surface area contributed by atoms with Gasteiger partial charge in [0.2, 0.25) is 5.91 Å². The van der Waals surface area contributed by atoms with Crippen molar-refractivity contribution in [2.24, 2.45) is 17.8 Å². The molecule has 0 aromatic rings. The molecule has 4 fully saturated rings. The van der Waals surface area contributed by atoms with Gasteiger partial charge in [0.15, 0.2) is 0 Å². The van der Waals surface area contributed by atoms with Crippen LogP contribution in [0.15, 0.2) is 0 Å². The molecule has 1 atom stereocenters. The Morgan fingerprint density at radius 3 is 2.61 bits per heavy atom. The molecule has 0 aromatic carbocycles. The molecule has 4 rings (SSSR count). The molecule has 5 nitrogen and oxygen atoms in total. The van der Waals surface area contributed by atoms with E-state index in [1.54, 1.807) is 0 Å². The highest BCUT2D eigenvalue weighted by Gasteiger charge is 2.56. The van der Waals surface area contributed by atoms with E-state index in [0.717, 1.165) is 38.8 Å². The fourth-order valence-corrected chi connectivity index (χ4v) is 4.71. The summed E-state index contributed by atoms with van der Waals surface area (Å²) in [6.07, 6.45) is 5.03. The Morgan fingerprint density at radius 2 is 2.00 bits per heavy atom. The Balaban J connectivity index is 1.35. The molecule has 0 radical (unpaired) electrons. The van der Waals surface area contributed by atoms with Crippen molar-refractivity contribution >= 4 is 5.91 Å². The average molecular weight is 322 g/mol. The maximum atomic E-state index is 12.5. The molecule has 0 aromatic heterocycles. The van der Waals surface area contributed by atoms with E-state index in [2.05, 4.69) is 11.8 Å². The predicted octanol–water partition coefficient (Wildman–Crippen LogP) is 1.11. The van der Waals surface area contributed by atoms with Gasteiger partial charge in [-0.25, -0.2) is 0 Å². The lowest BCUT2D eigenvalue weighted by Gasteiger charge is -2.54. The van der Waals surface area contributed by atoms with Crippen molar-refractivity contribution in [2.75, 3.05) is 39.4 Å². The SMILES string of the molecule is CCOC[C@H]1CN(CC2CC2)C2(C1)CN(C(=O)C1CC(O)C1)C2. The van der Waals surface area contributed by atoms with Crippen LogP contribution in [0.2, 0.25) is 0 Å². The first kappa shape index (κ1) is 15.9. The molecule has 0 bridgehead atoms. The van der Waals surface area contributed by atoms with Crippen molar-refractivity contribution in [2.45, 2.75) is 50.7 Å². The highest BCUT2D eigenvalue weighted by Crippen LogP contribution is 2.44. The van der Waals surface area contributed by atoms with Crippen molar-refractivity contribution in [3.8, 4) is 0 Å². The smallest absolute Gasteiger partial charge is 0.226 e. The number of aliphatic hydroxyl groups excluding tert-OH is 1. The van der Waals surface area contributed by atoms with Gasteiger partial charge in [-0.3, -0.25) is 9.69 Å². The maximum Gasteiger partial charge on any atom is 0.226 e. The number of hydrogen-bond donors (Lipinski definition) is 1. The first-order valence-corrected chi connectivity index (χ1v) is 9.39. The number of ether oxygens (including phenoxy) is 1. The molecule has 2 aliphatic carbocycles. The number of rotatable bonds is 6. The number of aliphatic hydroxyl groups is 1. The van der Waals surface area contributed by atoms with E-state index in [-0.39, 0.29) is 23.5 Å². The minimum absolute atomic E-state index is 0.0832. The largest absolute Gasteiger partial charge is 0.393 e. The van der Waals surface area contributed by atoms with Gasteiger partial charge in [-0.15, -0.1) is 0 Å².